The van der Waals surface area contributed by atoms with Crippen molar-refractivity contribution in [2.45, 2.75) is 51.5 Å². The van der Waals surface area contributed by atoms with Crippen molar-refractivity contribution in [1.82, 2.24) is 24.8 Å². The molecule has 0 unspecified atom stereocenters. The van der Waals surface area contributed by atoms with Gasteiger partial charge in [-0.3, -0.25) is 14.7 Å². The number of nitrogen functional groups attached to an aromatic ring is 1. The van der Waals surface area contributed by atoms with E-state index in [1.165, 1.54) is 11.1 Å². The molecular formula is C24H34N6O. The van der Waals surface area contributed by atoms with Gasteiger partial charge in [0.05, 0.1) is 0 Å². The first-order chi connectivity index (χ1) is 15.0. The Balaban J connectivity index is 1.38. The number of likely N-dealkylation sites (N-methyl/N-ethyl adjacent to an activating group) is 1. The van der Waals surface area contributed by atoms with E-state index in [0.717, 1.165) is 57.4 Å². The van der Waals surface area contributed by atoms with E-state index in [4.69, 9.17) is 5.73 Å². The maximum Gasteiger partial charge on any atom is 0.222 e. The molecule has 1 aliphatic carbocycles. The van der Waals surface area contributed by atoms with Crippen LogP contribution in [0.25, 0.3) is 0 Å². The van der Waals surface area contributed by atoms with Gasteiger partial charge in [-0.2, -0.15) is 0 Å². The minimum absolute atomic E-state index is 0.242. The first kappa shape index (κ1) is 21.7. The fourth-order valence-corrected chi connectivity index (χ4v) is 5.28. The first-order valence-electron chi connectivity index (χ1n) is 11.5. The maximum absolute atomic E-state index is 13.0. The predicted molar refractivity (Wildman–Crippen MR) is 121 cm³/mol. The van der Waals surface area contributed by atoms with E-state index in [2.05, 4.69) is 32.8 Å². The molecule has 0 spiro atoms. The number of hydrogen-bond acceptors (Lipinski definition) is 6. The zero-order valence-electron chi connectivity index (χ0n) is 18.7. The molecule has 31 heavy (non-hydrogen) atoms. The Labute approximate surface area is 185 Å². The van der Waals surface area contributed by atoms with Gasteiger partial charge < -0.3 is 10.6 Å². The van der Waals surface area contributed by atoms with E-state index in [9.17, 15) is 4.79 Å². The number of nitrogens with two attached hydrogens (primary N) is 1. The van der Waals surface area contributed by atoms with Crippen molar-refractivity contribution in [3.8, 4) is 0 Å². The van der Waals surface area contributed by atoms with Gasteiger partial charge in [0.1, 0.15) is 0 Å². The molecule has 1 amide bonds. The SMILES string of the molecule is CCCN1C[C@@H](CC(=O)N(C)CCc2cccnc2)C[C@@H]2Cc3nc(N)ncc3C[C@H]21. The third kappa shape index (κ3) is 5.21. The van der Waals surface area contributed by atoms with Gasteiger partial charge in [0.25, 0.3) is 0 Å². The van der Waals surface area contributed by atoms with Gasteiger partial charge in [-0.25, -0.2) is 9.97 Å². The lowest BCUT2D eigenvalue weighted by molar-refractivity contribution is -0.131. The lowest BCUT2D eigenvalue weighted by Crippen LogP contribution is -2.53. The Hall–Kier alpha value is -2.54. The number of hydrogen-bond donors (Lipinski definition) is 1. The quantitative estimate of drug-likeness (QED) is 0.737. The molecule has 1 aliphatic heterocycles. The number of piperidine rings is 1. The van der Waals surface area contributed by atoms with Crippen LogP contribution in [-0.4, -0.2) is 63.4 Å². The van der Waals surface area contributed by atoms with E-state index < -0.39 is 0 Å². The summed E-state index contributed by atoms with van der Waals surface area (Å²) in [6.07, 6.45) is 11.2. The second-order valence-corrected chi connectivity index (χ2v) is 9.16. The summed E-state index contributed by atoms with van der Waals surface area (Å²) in [4.78, 5) is 30.3. The number of nitrogens with zero attached hydrogens (tertiary/aromatic N) is 5. The minimum atomic E-state index is 0.242. The summed E-state index contributed by atoms with van der Waals surface area (Å²) in [5.74, 6) is 1.52. The van der Waals surface area contributed by atoms with E-state index in [1.807, 2.05) is 30.4 Å². The summed E-state index contributed by atoms with van der Waals surface area (Å²) < 4.78 is 0. The van der Waals surface area contributed by atoms with Crippen LogP contribution in [0.1, 0.15) is 43.0 Å². The molecule has 3 atom stereocenters. The molecule has 2 aromatic heterocycles. The summed E-state index contributed by atoms with van der Waals surface area (Å²) in [5, 5.41) is 0. The highest BCUT2D eigenvalue weighted by Crippen LogP contribution is 2.37. The molecule has 3 heterocycles. The molecule has 0 radical (unpaired) electrons. The van der Waals surface area contributed by atoms with Crippen molar-refractivity contribution >= 4 is 11.9 Å². The van der Waals surface area contributed by atoms with Crippen molar-refractivity contribution in [1.29, 1.82) is 0 Å². The van der Waals surface area contributed by atoms with Gasteiger partial charge in [-0.05, 0) is 67.7 Å². The third-order valence-corrected chi connectivity index (χ3v) is 6.86. The molecular weight excluding hydrogens is 388 g/mol. The third-order valence-electron chi connectivity index (χ3n) is 6.86. The number of carbonyl (C=O) groups excluding carboxylic acids is 1. The molecule has 166 valence electrons. The van der Waals surface area contributed by atoms with E-state index in [1.54, 1.807) is 6.20 Å². The number of anilines is 1. The van der Waals surface area contributed by atoms with Crippen LogP contribution in [0.5, 0.6) is 0 Å². The maximum atomic E-state index is 13.0. The van der Waals surface area contributed by atoms with Crippen LogP contribution < -0.4 is 5.73 Å². The van der Waals surface area contributed by atoms with Gasteiger partial charge in [0.15, 0.2) is 0 Å². The predicted octanol–water partition coefficient (Wildman–Crippen LogP) is 2.36. The zero-order chi connectivity index (χ0) is 21.8. The highest BCUT2D eigenvalue weighted by Gasteiger charge is 2.40. The molecule has 0 aromatic carbocycles. The fraction of sp³-hybridized carbons (Fsp3) is 0.583. The lowest BCUT2D eigenvalue weighted by Gasteiger charge is -2.47. The van der Waals surface area contributed by atoms with Crippen molar-refractivity contribution in [3.05, 3.63) is 47.5 Å². The Morgan fingerprint density at radius 2 is 2.19 bits per heavy atom. The van der Waals surface area contributed by atoms with Crippen LogP contribution >= 0.6 is 0 Å². The number of aromatic nitrogens is 3. The largest absolute Gasteiger partial charge is 0.368 e. The van der Waals surface area contributed by atoms with Gasteiger partial charge in [0, 0.05) is 56.9 Å². The Morgan fingerprint density at radius 1 is 1.32 bits per heavy atom. The first-order valence-corrected chi connectivity index (χ1v) is 11.5. The van der Waals surface area contributed by atoms with Crippen molar-refractivity contribution < 1.29 is 4.79 Å². The lowest BCUT2D eigenvalue weighted by atomic mass is 9.73. The molecule has 1 saturated heterocycles. The van der Waals surface area contributed by atoms with Crippen molar-refractivity contribution in [2.24, 2.45) is 11.8 Å². The average molecular weight is 423 g/mol. The Bertz CT molecular complexity index is 889. The van der Waals surface area contributed by atoms with Crippen LogP contribution in [0.4, 0.5) is 5.95 Å². The molecule has 2 N–H and O–H groups in total. The smallest absolute Gasteiger partial charge is 0.222 e. The monoisotopic (exact) mass is 422 g/mol. The molecule has 7 heteroatoms. The number of fused-ring (bicyclic) bond motifs is 2. The molecule has 4 rings (SSSR count). The van der Waals surface area contributed by atoms with E-state index in [0.29, 0.717) is 30.2 Å². The number of carbonyl (C=O) groups is 1. The standard InChI is InChI=1S/C24H34N6O/c1-3-8-30-16-18(11-23(31)29(2)9-6-17-5-4-7-26-14-17)10-19-12-21-20(13-22(19)30)15-27-24(25)28-21/h4-5,7,14-15,18-19,22H,3,6,8-13,16H2,1-2H3,(H2,25,27,28)/t18-,19-,22-/m1/s1. The fourth-order valence-electron chi connectivity index (χ4n) is 5.28. The highest BCUT2D eigenvalue weighted by molar-refractivity contribution is 5.76. The van der Waals surface area contributed by atoms with Gasteiger partial charge in [0.2, 0.25) is 11.9 Å². The van der Waals surface area contributed by atoms with Crippen LogP contribution in [0.3, 0.4) is 0 Å². The number of amides is 1. The Kier molecular flexibility index (Phi) is 6.80. The van der Waals surface area contributed by atoms with Crippen LogP contribution in [0.2, 0.25) is 0 Å². The van der Waals surface area contributed by atoms with E-state index >= 15 is 0 Å². The number of pyridine rings is 1. The second-order valence-electron chi connectivity index (χ2n) is 9.16. The Morgan fingerprint density at radius 3 is 2.97 bits per heavy atom. The molecule has 0 bridgehead atoms. The molecule has 7 nitrogen and oxygen atoms in total. The van der Waals surface area contributed by atoms with Crippen LogP contribution in [0, 0.1) is 11.8 Å². The highest BCUT2D eigenvalue weighted by atomic mass is 16.2. The molecule has 0 saturated carbocycles. The second kappa shape index (κ2) is 9.73. The van der Waals surface area contributed by atoms with Gasteiger partial charge >= 0.3 is 0 Å². The summed E-state index contributed by atoms with van der Waals surface area (Å²) in [5.41, 5.74) is 9.34. The summed E-state index contributed by atoms with van der Waals surface area (Å²) in [7, 11) is 1.92. The summed E-state index contributed by atoms with van der Waals surface area (Å²) in [6, 6.07) is 4.53. The number of likely N-dealkylation sites (tertiary alicyclic amines) is 1. The summed E-state index contributed by atoms with van der Waals surface area (Å²) in [6.45, 7) is 5.04. The van der Waals surface area contributed by atoms with Gasteiger partial charge in [-0.1, -0.05) is 13.0 Å². The van der Waals surface area contributed by atoms with Crippen LogP contribution in [-0.2, 0) is 24.1 Å². The number of rotatable bonds is 7. The topological polar surface area (TPSA) is 88.2 Å². The van der Waals surface area contributed by atoms with Crippen molar-refractivity contribution in [2.75, 3.05) is 32.4 Å². The molecule has 2 aliphatic rings. The molecule has 1 fully saturated rings. The minimum Gasteiger partial charge on any atom is -0.368 e. The van der Waals surface area contributed by atoms with Gasteiger partial charge in [-0.15, -0.1) is 0 Å². The van der Waals surface area contributed by atoms with Crippen molar-refractivity contribution in [3.63, 3.8) is 0 Å². The zero-order valence-corrected chi connectivity index (χ0v) is 18.7. The normalized spacial score (nSPS) is 23.1. The average Bonchev–Trinajstić information content (AvgIpc) is 2.77. The molecule has 2 aromatic rings. The van der Waals surface area contributed by atoms with Crippen LogP contribution in [0.15, 0.2) is 30.7 Å². The summed E-state index contributed by atoms with van der Waals surface area (Å²) >= 11 is 0. The van der Waals surface area contributed by atoms with E-state index in [-0.39, 0.29) is 5.91 Å².